The average molecular weight is 226 g/mol. The fraction of sp³-hybridized carbons (Fsp3) is 0.267. The lowest BCUT2D eigenvalue weighted by Crippen LogP contribution is -2.15. The second kappa shape index (κ2) is 3.59. The van der Waals surface area contributed by atoms with Gasteiger partial charge in [-0.2, -0.15) is 0 Å². The number of hydrogen-bond donors (Lipinski definition) is 1. The Bertz CT molecular complexity index is 626. The summed E-state index contributed by atoms with van der Waals surface area (Å²) in [6, 6.07) is 7.84. The Hall–Kier alpha value is -1.83. The summed E-state index contributed by atoms with van der Waals surface area (Å²) in [7, 11) is 0. The highest BCUT2D eigenvalue weighted by Gasteiger charge is 2.22. The van der Waals surface area contributed by atoms with Gasteiger partial charge in [-0.1, -0.05) is 24.3 Å². The summed E-state index contributed by atoms with van der Waals surface area (Å²) in [5, 5.41) is 12.2. The van der Waals surface area contributed by atoms with E-state index < -0.39 is 0 Å². The van der Waals surface area contributed by atoms with Crippen LogP contribution in [0.4, 0.5) is 0 Å². The molecule has 17 heavy (non-hydrogen) atoms. The van der Waals surface area contributed by atoms with Crippen molar-refractivity contribution in [2.24, 2.45) is 0 Å². The molecule has 3 rings (SSSR count). The molecular weight excluding hydrogens is 212 g/mol. The number of hydrogen-bond acceptors (Lipinski definition) is 2. The summed E-state index contributed by atoms with van der Waals surface area (Å²) in [6.45, 7) is 2.08. The maximum atomic E-state index is 11.5. The molecule has 0 spiro atoms. The molecule has 2 aromatic rings. The van der Waals surface area contributed by atoms with Crippen molar-refractivity contribution in [3.63, 3.8) is 0 Å². The van der Waals surface area contributed by atoms with Gasteiger partial charge in [0.05, 0.1) is 0 Å². The van der Waals surface area contributed by atoms with Gasteiger partial charge in [0.1, 0.15) is 11.5 Å². The van der Waals surface area contributed by atoms with Gasteiger partial charge in [-0.05, 0) is 29.9 Å². The van der Waals surface area contributed by atoms with E-state index in [1.165, 1.54) is 11.1 Å². The standard InChI is InChI=1S/C15H14O2/c1-9-11-4-2-3-5-13(11)15(17)14-8-10(16)6-7-12(9)14/h2-5,17H,6-8H2,1H3. The highest BCUT2D eigenvalue weighted by Crippen LogP contribution is 2.38. The third-order valence-electron chi connectivity index (χ3n) is 3.72. The highest BCUT2D eigenvalue weighted by molar-refractivity contribution is 5.96. The van der Waals surface area contributed by atoms with Crippen molar-refractivity contribution in [3.05, 3.63) is 41.0 Å². The van der Waals surface area contributed by atoms with Crippen molar-refractivity contribution in [2.75, 3.05) is 0 Å². The van der Waals surface area contributed by atoms with E-state index in [0.717, 1.165) is 22.8 Å². The zero-order valence-corrected chi connectivity index (χ0v) is 9.79. The number of phenols is 1. The maximum absolute atomic E-state index is 11.5. The van der Waals surface area contributed by atoms with Crippen LogP contribution < -0.4 is 0 Å². The summed E-state index contributed by atoms with van der Waals surface area (Å²) in [5.41, 5.74) is 3.22. The molecule has 0 aliphatic heterocycles. The highest BCUT2D eigenvalue weighted by atomic mass is 16.3. The zero-order chi connectivity index (χ0) is 12.0. The molecule has 0 atom stereocenters. The molecule has 1 aliphatic rings. The van der Waals surface area contributed by atoms with E-state index in [2.05, 4.69) is 6.92 Å². The van der Waals surface area contributed by atoms with E-state index in [4.69, 9.17) is 0 Å². The number of ketones is 1. The van der Waals surface area contributed by atoms with Crippen molar-refractivity contribution in [1.29, 1.82) is 0 Å². The SMILES string of the molecule is Cc1c2c(c(O)c3ccccc13)CC(=O)CC2. The lowest BCUT2D eigenvalue weighted by Gasteiger charge is -2.21. The van der Waals surface area contributed by atoms with Crippen molar-refractivity contribution in [1.82, 2.24) is 0 Å². The predicted octanol–water partition coefficient (Wildman–Crippen LogP) is 2.91. The molecule has 0 amide bonds. The van der Waals surface area contributed by atoms with Gasteiger partial charge in [-0.25, -0.2) is 0 Å². The number of benzene rings is 2. The molecule has 86 valence electrons. The van der Waals surface area contributed by atoms with Crippen LogP contribution in [-0.2, 0) is 17.6 Å². The summed E-state index contributed by atoms with van der Waals surface area (Å²) < 4.78 is 0. The molecule has 0 aromatic heterocycles. The van der Waals surface area contributed by atoms with Crippen LogP contribution in [0, 0.1) is 6.92 Å². The van der Waals surface area contributed by atoms with E-state index in [1.807, 2.05) is 24.3 Å². The van der Waals surface area contributed by atoms with Crippen molar-refractivity contribution in [3.8, 4) is 5.75 Å². The normalized spacial score (nSPS) is 15.0. The second-order valence-corrected chi connectivity index (χ2v) is 4.69. The van der Waals surface area contributed by atoms with Gasteiger partial charge in [0.2, 0.25) is 0 Å². The lowest BCUT2D eigenvalue weighted by molar-refractivity contribution is -0.118. The minimum atomic E-state index is 0.225. The van der Waals surface area contributed by atoms with Crippen LogP contribution in [0.5, 0.6) is 5.75 Å². The maximum Gasteiger partial charge on any atom is 0.137 e. The number of Topliss-reactive ketones (excluding diaryl/α,β-unsaturated/α-hetero) is 1. The van der Waals surface area contributed by atoms with Crippen LogP contribution in [0.15, 0.2) is 24.3 Å². The van der Waals surface area contributed by atoms with E-state index >= 15 is 0 Å². The molecule has 2 aromatic carbocycles. The van der Waals surface area contributed by atoms with Gasteiger partial charge < -0.3 is 5.11 Å². The van der Waals surface area contributed by atoms with Crippen LogP contribution in [0.25, 0.3) is 10.8 Å². The van der Waals surface area contributed by atoms with E-state index in [9.17, 15) is 9.90 Å². The Kier molecular flexibility index (Phi) is 2.18. The monoisotopic (exact) mass is 226 g/mol. The minimum absolute atomic E-state index is 0.225. The number of fused-ring (bicyclic) bond motifs is 2. The van der Waals surface area contributed by atoms with Crippen LogP contribution in [-0.4, -0.2) is 10.9 Å². The molecule has 2 heteroatoms. The lowest BCUT2D eigenvalue weighted by atomic mass is 9.84. The summed E-state index contributed by atoms with van der Waals surface area (Å²) in [6.07, 6.45) is 1.75. The van der Waals surface area contributed by atoms with E-state index in [0.29, 0.717) is 18.6 Å². The first kappa shape index (κ1) is 10.3. The fourth-order valence-electron chi connectivity index (χ4n) is 2.79. The molecule has 0 saturated carbocycles. The summed E-state index contributed by atoms with van der Waals surface area (Å²) >= 11 is 0. The van der Waals surface area contributed by atoms with Gasteiger partial charge >= 0.3 is 0 Å². The van der Waals surface area contributed by atoms with Crippen LogP contribution in [0.3, 0.4) is 0 Å². The molecule has 0 unspecified atom stereocenters. The van der Waals surface area contributed by atoms with E-state index in [-0.39, 0.29) is 5.78 Å². The third-order valence-corrected chi connectivity index (χ3v) is 3.72. The molecule has 0 fully saturated rings. The topological polar surface area (TPSA) is 37.3 Å². The molecule has 2 nitrogen and oxygen atoms in total. The fourth-order valence-corrected chi connectivity index (χ4v) is 2.79. The summed E-state index contributed by atoms with van der Waals surface area (Å²) in [4.78, 5) is 11.5. The quantitative estimate of drug-likeness (QED) is 0.750. The van der Waals surface area contributed by atoms with Gasteiger partial charge in [-0.15, -0.1) is 0 Å². The van der Waals surface area contributed by atoms with Crippen molar-refractivity contribution in [2.45, 2.75) is 26.2 Å². The number of rotatable bonds is 0. The largest absolute Gasteiger partial charge is 0.507 e. The third kappa shape index (κ3) is 1.44. The number of phenolic OH excluding ortho intramolecular Hbond substituents is 1. The Labute approximate surface area is 99.9 Å². The number of carbonyl (C=O) groups excluding carboxylic acids is 1. The number of aryl methyl sites for hydroxylation is 1. The molecule has 0 radical (unpaired) electrons. The minimum Gasteiger partial charge on any atom is -0.507 e. The number of aromatic hydroxyl groups is 1. The summed E-state index contributed by atoms with van der Waals surface area (Å²) in [5.74, 6) is 0.525. The van der Waals surface area contributed by atoms with Gasteiger partial charge in [0.15, 0.2) is 0 Å². The molecule has 1 N–H and O–H groups in total. The average Bonchev–Trinajstić information content (AvgIpc) is 2.36. The molecule has 0 heterocycles. The van der Waals surface area contributed by atoms with Crippen LogP contribution in [0.2, 0.25) is 0 Å². The predicted molar refractivity (Wildman–Crippen MR) is 67.4 cm³/mol. The van der Waals surface area contributed by atoms with E-state index in [1.54, 1.807) is 0 Å². The molecular formula is C15H14O2. The Morgan fingerprint density at radius 2 is 1.76 bits per heavy atom. The Balaban J connectivity index is 2.41. The molecule has 0 bridgehead atoms. The van der Waals surface area contributed by atoms with Gasteiger partial charge in [0, 0.05) is 23.8 Å². The number of carbonyl (C=O) groups is 1. The first-order valence-corrected chi connectivity index (χ1v) is 5.92. The van der Waals surface area contributed by atoms with Gasteiger partial charge in [-0.3, -0.25) is 4.79 Å². The Morgan fingerprint density at radius 1 is 1.06 bits per heavy atom. The van der Waals surface area contributed by atoms with Crippen molar-refractivity contribution >= 4 is 16.6 Å². The first-order valence-electron chi connectivity index (χ1n) is 5.92. The molecule has 0 saturated heterocycles. The smallest absolute Gasteiger partial charge is 0.137 e. The first-order chi connectivity index (χ1) is 8.18. The zero-order valence-electron chi connectivity index (χ0n) is 9.79. The molecule has 1 aliphatic carbocycles. The Morgan fingerprint density at radius 3 is 2.53 bits per heavy atom. The van der Waals surface area contributed by atoms with Gasteiger partial charge in [0.25, 0.3) is 0 Å². The van der Waals surface area contributed by atoms with Crippen LogP contribution >= 0.6 is 0 Å². The van der Waals surface area contributed by atoms with Crippen LogP contribution in [0.1, 0.15) is 23.1 Å². The second-order valence-electron chi connectivity index (χ2n) is 4.69. The van der Waals surface area contributed by atoms with Crippen molar-refractivity contribution < 1.29 is 9.90 Å².